The van der Waals surface area contributed by atoms with Gasteiger partial charge < -0.3 is 0 Å². The summed E-state index contributed by atoms with van der Waals surface area (Å²) in [7, 11) is 0.315. The molecule has 2 rings (SSSR count). The first-order chi connectivity index (χ1) is 3.97. The maximum Gasteiger partial charge on any atom is 0.0472 e. The lowest BCUT2D eigenvalue weighted by molar-refractivity contribution is 1.18. The Labute approximate surface area is 52.5 Å². The van der Waals surface area contributed by atoms with Crippen LogP contribution in [0.5, 0.6) is 0 Å². The molecule has 0 aromatic rings. The summed E-state index contributed by atoms with van der Waals surface area (Å²) in [6.07, 6.45) is 3.00. The van der Waals surface area contributed by atoms with Gasteiger partial charge >= 0.3 is 0 Å². The van der Waals surface area contributed by atoms with E-state index < -0.39 is 0 Å². The highest BCUT2D eigenvalue weighted by Gasteiger charge is 2.28. The molecule has 0 radical (unpaired) electrons. The third-order valence-corrected chi connectivity index (χ3v) is 4.36. The summed E-state index contributed by atoms with van der Waals surface area (Å²) < 4.78 is 0. The van der Waals surface area contributed by atoms with E-state index in [9.17, 15) is 0 Å². The Bertz CT molecular complexity index is 118. The first kappa shape index (κ1) is 4.86. The predicted octanol–water partition coefficient (Wildman–Crippen LogP) is 1.19. The van der Waals surface area contributed by atoms with Crippen LogP contribution in [0.15, 0.2) is 4.99 Å². The number of hydrogen-bond donors (Lipinski definition) is 1. The average molecular weight is 129 g/mol. The van der Waals surface area contributed by atoms with Gasteiger partial charge in [0.15, 0.2) is 0 Å². The molecule has 46 valence electrons. The van der Waals surface area contributed by atoms with Gasteiger partial charge in [0.25, 0.3) is 0 Å². The molecule has 1 atom stereocenters. The third kappa shape index (κ3) is 0.772. The van der Waals surface area contributed by atoms with E-state index in [4.69, 9.17) is 0 Å². The van der Waals surface area contributed by atoms with E-state index in [0.29, 0.717) is 10.9 Å². The van der Waals surface area contributed by atoms with Crippen molar-refractivity contribution >= 4 is 16.4 Å². The van der Waals surface area contributed by atoms with Crippen LogP contribution in [0.2, 0.25) is 0 Å². The van der Waals surface area contributed by atoms with Gasteiger partial charge in [-0.1, -0.05) is 0 Å². The van der Waals surface area contributed by atoms with Crippen LogP contribution in [0.25, 0.3) is 0 Å². The van der Waals surface area contributed by atoms with Crippen molar-refractivity contribution in [1.82, 2.24) is 0 Å². The molecular formula is C6H11NS. The fourth-order valence-electron chi connectivity index (χ4n) is 1.08. The smallest absolute Gasteiger partial charge is 0.0472 e. The van der Waals surface area contributed by atoms with Crippen molar-refractivity contribution in [2.45, 2.75) is 18.1 Å². The van der Waals surface area contributed by atoms with Gasteiger partial charge in [-0.05, 0) is 23.8 Å². The minimum absolute atomic E-state index is 0.315. The molecule has 1 nitrogen and oxygen atoms in total. The van der Waals surface area contributed by atoms with Gasteiger partial charge in [-0.3, -0.25) is 4.99 Å². The molecule has 8 heavy (non-hydrogen) atoms. The second-order valence-electron chi connectivity index (χ2n) is 2.49. The normalized spacial score (nSPS) is 40.8. The van der Waals surface area contributed by atoms with Crippen LogP contribution in [0.4, 0.5) is 0 Å². The summed E-state index contributed by atoms with van der Waals surface area (Å²) in [4.78, 5) is 4.23. The Kier molecular flexibility index (Phi) is 1.07. The fraction of sp³-hybridized carbons (Fsp3) is 0.833. The minimum atomic E-state index is 0.315. The molecule has 0 spiro atoms. The zero-order valence-electron chi connectivity index (χ0n) is 4.88. The van der Waals surface area contributed by atoms with E-state index >= 15 is 0 Å². The number of rotatable bonds is 1. The van der Waals surface area contributed by atoms with Crippen LogP contribution in [0.3, 0.4) is 0 Å². The van der Waals surface area contributed by atoms with Gasteiger partial charge in [0.1, 0.15) is 0 Å². The highest BCUT2D eigenvalue weighted by Crippen LogP contribution is 2.45. The van der Waals surface area contributed by atoms with Crippen molar-refractivity contribution in [1.29, 1.82) is 0 Å². The quantitative estimate of drug-likeness (QED) is 0.511. The lowest BCUT2D eigenvalue weighted by Gasteiger charge is -2.05. The van der Waals surface area contributed by atoms with Crippen molar-refractivity contribution in [3.63, 3.8) is 0 Å². The summed E-state index contributed by atoms with van der Waals surface area (Å²) >= 11 is 0. The van der Waals surface area contributed by atoms with Gasteiger partial charge in [-0.15, -0.1) is 0 Å². The molecule has 1 saturated carbocycles. The topological polar surface area (TPSA) is 12.4 Å². The molecule has 1 heterocycles. The lowest BCUT2D eigenvalue weighted by Crippen LogP contribution is -1.89. The molecule has 0 N–H and O–H groups in total. The second kappa shape index (κ2) is 1.76. The minimum Gasteiger partial charge on any atom is -0.287 e. The number of nitrogens with zero attached hydrogens (tertiary/aromatic N) is 1. The zero-order valence-corrected chi connectivity index (χ0v) is 5.77. The summed E-state index contributed by atoms with van der Waals surface area (Å²) in [5.74, 6) is 1.40. The molecule has 0 saturated heterocycles. The number of thiol groups is 1. The van der Waals surface area contributed by atoms with Crippen LogP contribution in [0.1, 0.15) is 12.8 Å². The van der Waals surface area contributed by atoms with Crippen molar-refractivity contribution in [2.75, 3.05) is 12.3 Å². The number of aliphatic imine (C=N–C) groups is 1. The molecule has 0 bridgehead atoms. The largest absolute Gasteiger partial charge is 0.287 e. The Morgan fingerprint density at radius 1 is 1.50 bits per heavy atom. The Hall–Kier alpha value is 0.0200. The Morgan fingerprint density at radius 3 is 2.88 bits per heavy atom. The SMILES string of the molecule is C1=NCC[SH]1C1CC1. The standard InChI is InChI=1S/C6H11NS/c1-2-6(1)8-4-3-7-5-8/h5-6,8H,1-4H2. The van der Waals surface area contributed by atoms with E-state index in [1.54, 1.807) is 0 Å². The monoisotopic (exact) mass is 129 g/mol. The molecule has 2 aliphatic rings. The molecule has 2 heteroatoms. The highest BCUT2D eigenvalue weighted by atomic mass is 32.2. The Morgan fingerprint density at radius 2 is 2.38 bits per heavy atom. The molecule has 0 aromatic carbocycles. The predicted molar refractivity (Wildman–Crippen MR) is 40.2 cm³/mol. The van der Waals surface area contributed by atoms with Crippen LogP contribution in [-0.4, -0.2) is 23.1 Å². The average Bonchev–Trinajstić information content (AvgIpc) is 2.49. The second-order valence-corrected chi connectivity index (χ2v) is 4.93. The first-order valence-electron chi connectivity index (χ1n) is 3.22. The van der Waals surface area contributed by atoms with Crippen molar-refractivity contribution < 1.29 is 0 Å². The first-order valence-corrected chi connectivity index (χ1v) is 4.89. The van der Waals surface area contributed by atoms with Gasteiger partial charge in [0.2, 0.25) is 0 Å². The van der Waals surface area contributed by atoms with Gasteiger partial charge in [-0.25, -0.2) is 10.9 Å². The van der Waals surface area contributed by atoms with Crippen LogP contribution >= 0.6 is 10.9 Å². The molecule has 1 unspecified atom stereocenters. The molecule has 1 aliphatic carbocycles. The number of hydrogen-bond acceptors (Lipinski definition) is 1. The Balaban J connectivity index is 1.95. The van der Waals surface area contributed by atoms with E-state index in [-0.39, 0.29) is 0 Å². The molecule has 0 aromatic heterocycles. The summed E-state index contributed by atoms with van der Waals surface area (Å²) in [6, 6.07) is 0. The third-order valence-electron chi connectivity index (χ3n) is 1.73. The van der Waals surface area contributed by atoms with Gasteiger partial charge in [-0.2, -0.15) is 0 Å². The zero-order chi connectivity index (χ0) is 5.40. The van der Waals surface area contributed by atoms with E-state index in [1.165, 1.54) is 18.6 Å². The summed E-state index contributed by atoms with van der Waals surface area (Å²) in [5, 5.41) is 1.11. The summed E-state index contributed by atoms with van der Waals surface area (Å²) in [5.41, 5.74) is 2.23. The van der Waals surface area contributed by atoms with E-state index in [1.807, 2.05) is 0 Å². The van der Waals surface area contributed by atoms with Crippen molar-refractivity contribution in [3.8, 4) is 0 Å². The van der Waals surface area contributed by atoms with E-state index in [0.717, 1.165) is 11.8 Å². The van der Waals surface area contributed by atoms with Gasteiger partial charge in [0.05, 0.1) is 0 Å². The fourth-order valence-corrected chi connectivity index (χ4v) is 3.23. The van der Waals surface area contributed by atoms with Crippen molar-refractivity contribution in [3.05, 3.63) is 0 Å². The van der Waals surface area contributed by atoms with Crippen LogP contribution in [-0.2, 0) is 0 Å². The molecular weight excluding hydrogens is 118 g/mol. The van der Waals surface area contributed by atoms with Crippen molar-refractivity contribution in [2.24, 2.45) is 4.99 Å². The maximum atomic E-state index is 4.23. The maximum absolute atomic E-state index is 4.23. The van der Waals surface area contributed by atoms with Crippen LogP contribution in [0, 0.1) is 0 Å². The molecule has 1 aliphatic heterocycles. The summed E-state index contributed by atoms with van der Waals surface area (Å²) in [6.45, 7) is 1.13. The lowest BCUT2D eigenvalue weighted by atomic mass is 10.8. The molecule has 1 fully saturated rings. The van der Waals surface area contributed by atoms with Crippen LogP contribution < -0.4 is 0 Å². The van der Waals surface area contributed by atoms with Gasteiger partial charge in [0, 0.05) is 12.1 Å². The highest BCUT2D eigenvalue weighted by molar-refractivity contribution is 8.29. The van der Waals surface area contributed by atoms with E-state index in [2.05, 4.69) is 10.5 Å². The molecule has 0 amide bonds.